The second-order valence-corrected chi connectivity index (χ2v) is 5.35. The molecule has 0 spiro atoms. The second-order valence-electron chi connectivity index (χ2n) is 5.35. The van der Waals surface area contributed by atoms with Crippen LogP contribution in [0, 0.1) is 0 Å². The Bertz CT molecular complexity index is 786. The first kappa shape index (κ1) is 19.2. The highest BCUT2D eigenvalue weighted by Gasteiger charge is 2.10. The van der Waals surface area contributed by atoms with E-state index in [2.05, 4.69) is 5.32 Å². The van der Waals surface area contributed by atoms with Gasteiger partial charge in [0, 0.05) is 24.3 Å². The van der Waals surface area contributed by atoms with E-state index in [1.807, 2.05) is 24.3 Å². The smallest absolute Gasteiger partial charge is 0.244 e. The van der Waals surface area contributed by atoms with E-state index in [-0.39, 0.29) is 5.91 Å². The van der Waals surface area contributed by atoms with Gasteiger partial charge in [0.15, 0.2) is 11.5 Å². The largest absolute Gasteiger partial charge is 0.497 e. The van der Waals surface area contributed by atoms with E-state index in [0.717, 1.165) is 11.3 Å². The molecule has 1 amide bonds. The monoisotopic (exact) mass is 357 g/mol. The molecule has 0 aliphatic carbocycles. The Kier molecular flexibility index (Phi) is 6.91. The Labute approximate surface area is 153 Å². The van der Waals surface area contributed by atoms with E-state index in [1.165, 1.54) is 6.08 Å². The fraction of sp³-hybridized carbons (Fsp3) is 0.250. The maximum absolute atomic E-state index is 12.1. The summed E-state index contributed by atoms with van der Waals surface area (Å²) < 4.78 is 21.0. The van der Waals surface area contributed by atoms with Gasteiger partial charge in [0.05, 0.1) is 28.4 Å². The fourth-order valence-corrected chi connectivity index (χ4v) is 2.38. The molecule has 0 radical (unpaired) electrons. The second kappa shape index (κ2) is 9.36. The van der Waals surface area contributed by atoms with Crippen molar-refractivity contribution < 1.29 is 23.7 Å². The highest BCUT2D eigenvalue weighted by Crippen LogP contribution is 2.35. The van der Waals surface area contributed by atoms with Crippen molar-refractivity contribution in [1.82, 2.24) is 5.32 Å². The molecule has 138 valence electrons. The molecule has 2 aromatic rings. The van der Waals surface area contributed by atoms with Gasteiger partial charge >= 0.3 is 0 Å². The van der Waals surface area contributed by atoms with Gasteiger partial charge in [-0.25, -0.2) is 0 Å². The minimum Gasteiger partial charge on any atom is -0.497 e. The van der Waals surface area contributed by atoms with Crippen LogP contribution in [0.4, 0.5) is 0 Å². The van der Waals surface area contributed by atoms with Gasteiger partial charge in [-0.05, 0) is 29.8 Å². The third-order valence-corrected chi connectivity index (χ3v) is 3.75. The van der Waals surface area contributed by atoms with E-state index >= 15 is 0 Å². The molecular weight excluding hydrogens is 334 g/mol. The van der Waals surface area contributed by atoms with Crippen molar-refractivity contribution >= 4 is 12.0 Å². The lowest BCUT2D eigenvalue weighted by Crippen LogP contribution is -2.20. The molecule has 6 nitrogen and oxygen atoms in total. The Morgan fingerprint density at radius 1 is 0.923 bits per heavy atom. The van der Waals surface area contributed by atoms with E-state index in [9.17, 15) is 4.79 Å². The summed E-state index contributed by atoms with van der Waals surface area (Å²) in [6.07, 6.45) is 3.12. The number of nitrogens with one attached hydrogen (secondary N) is 1. The highest BCUT2D eigenvalue weighted by molar-refractivity contribution is 5.92. The Balaban J connectivity index is 2.07. The summed E-state index contributed by atoms with van der Waals surface area (Å²) in [6.45, 7) is 0.406. The summed E-state index contributed by atoms with van der Waals surface area (Å²) in [4.78, 5) is 12.1. The van der Waals surface area contributed by atoms with Crippen molar-refractivity contribution in [3.63, 3.8) is 0 Å². The van der Waals surface area contributed by atoms with Crippen molar-refractivity contribution in [3.05, 3.63) is 53.6 Å². The minimum absolute atomic E-state index is 0.218. The molecule has 0 aliphatic rings. The molecule has 2 aromatic carbocycles. The molecule has 0 aromatic heterocycles. The maximum atomic E-state index is 12.1. The van der Waals surface area contributed by atoms with Crippen LogP contribution in [-0.2, 0) is 11.3 Å². The van der Waals surface area contributed by atoms with Crippen LogP contribution in [0.25, 0.3) is 6.08 Å². The molecule has 0 saturated carbocycles. The molecule has 2 rings (SSSR count). The molecule has 0 fully saturated rings. The predicted octanol–water partition coefficient (Wildman–Crippen LogP) is 3.05. The number of benzene rings is 2. The summed E-state index contributed by atoms with van der Waals surface area (Å²) in [7, 11) is 6.27. The molecule has 26 heavy (non-hydrogen) atoms. The molecule has 1 N–H and O–H groups in total. The van der Waals surface area contributed by atoms with Crippen LogP contribution < -0.4 is 24.3 Å². The van der Waals surface area contributed by atoms with E-state index in [0.29, 0.717) is 29.4 Å². The topological polar surface area (TPSA) is 66.0 Å². The van der Waals surface area contributed by atoms with Gasteiger partial charge in [-0.1, -0.05) is 12.1 Å². The van der Waals surface area contributed by atoms with Gasteiger partial charge in [-0.3, -0.25) is 4.79 Å². The molecule has 0 heterocycles. The Morgan fingerprint density at radius 2 is 1.62 bits per heavy atom. The lowest BCUT2D eigenvalue weighted by molar-refractivity contribution is -0.116. The summed E-state index contributed by atoms with van der Waals surface area (Å²) in [6, 6.07) is 11.0. The number of hydrogen-bond donors (Lipinski definition) is 1. The van der Waals surface area contributed by atoms with Crippen molar-refractivity contribution in [3.8, 4) is 23.0 Å². The first-order valence-corrected chi connectivity index (χ1v) is 8.00. The number of hydrogen-bond acceptors (Lipinski definition) is 5. The number of rotatable bonds is 8. The number of carbonyl (C=O) groups is 1. The third-order valence-electron chi connectivity index (χ3n) is 3.75. The first-order chi connectivity index (χ1) is 12.6. The van der Waals surface area contributed by atoms with Gasteiger partial charge < -0.3 is 24.3 Å². The van der Waals surface area contributed by atoms with Crippen molar-refractivity contribution in [2.45, 2.75) is 6.54 Å². The molecule has 0 aliphatic heterocycles. The van der Waals surface area contributed by atoms with Gasteiger partial charge in [0.2, 0.25) is 5.91 Å². The normalized spacial score (nSPS) is 10.5. The van der Waals surface area contributed by atoms with Crippen LogP contribution in [0.3, 0.4) is 0 Å². The zero-order chi connectivity index (χ0) is 18.9. The molecule has 0 atom stereocenters. The van der Waals surface area contributed by atoms with E-state index in [1.54, 1.807) is 46.6 Å². The number of ether oxygens (including phenoxy) is 4. The van der Waals surface area contributed by atoms with Crippen LogP contribution in [-0.4, -0.2) is 34.3 Å². The van der Waals surface area contributed by atoms with Crippen molar-refractivity contribution in [2.24, 2.45) is 0 Å². The van der Waals surface area contributed by atoms with Gasteiger partial charge in [0.1, 0.15) is 11.5 Å². The summed E-state index contributed by atoms with van der Waals surface area (Å²) in [5, 5.41) is 2.83. The number of methoxy groups -OCH3 is 4. The van der Waals surface area contributed by atoms with E-state index < -0.39 is 0 Å². The Morgan fingerprint density at radius 3 is 2.27 bits per heavy atom. The first-order valence-electron chi connectivity index (χ1n) is 8.00. The number of amides is 1. The third kappa shape index (κ3) is 4.92. The zero-order valence-corrected chi connectivity index (χ0v) is 15.4. The minimum atomic E-state index is -0.218. The van der Waals surface area contributed by atoms with Crippen LogP contribution in [0.2, 0.25) is 0 Å². The van der Waals surface area contributed by atoms with Crippen molar-refractivity contribution in [1.29, 1.82) is 0 Å². The number of carbonyl (C=O) groups excluding carboxylic acids is 1. The Hall–Kier alpha value is -3.15. The maximum Gasteiger partial charge on any atom is 0.244 e. The van der Waals surface area contributed by atoms with Crippen LogP contribution in [0.5, 0.6) is 23.0 Å². The summed E-state index contributed by atoms with van der Waals surface area (Å²) in [5.74, 6) is 2.24. The van der Waals surface area contributed by atoms with E-state index in [4.69, 9.17) is 18.9 Å². The highest BCUT2D eigenvalue weighted by atomic mass is 16.5. The molecule has 0 unspecified atom stereocenters. The molecular formula is C20H23NO5. The van der Waals surface area contributed by atoms with Crippen LogP contribution in [0.1, 0.15) is 11.1 Å². The molecule has 0 saturated heterocycles. The van der Waals surface area contributed by atoms with Gasteiger partial charge in [-0.2, -0.15) is 0 Å². The predicted molar refractivity (Wildman–Crippen MR) is 100.0 cm³/mol. The average Bonchev–Trinajstić information content (AvgIpc) is 2.69. The lowest BCUT2D eigenvalue weighted by Gasteiger charge is -2.12. The zero-order valence-electron chi connectivity index (χ0n) is 15.4. The van der Waals surface area contributed by atoms with Crippen molar-refractivity contribution in [2.75, 3.05) is 28.4 Å². The average molecular weight is 357 g/mol. The SMILES string of the molecule is COc1cccc(CNC(=O)C=Cc2cc(OC)c(OC)cc2OC)c1. The van der Waals surface area contributed by atoms with Crippen LogP contribution >= 0.6 is 0 Å². The van der Waals surface area contributed by atoms with Crippen LogP contribution in [0.15, 0.2) is 42.5 Å². The molecule has 6 heteroatoms. The van der Waals surface area contributed by atoms with Gasteiger partial charge in [-0.15, -0.1) is 0 Å². The van der Waals surface area contributed by atoms with Gasteiger partial charge in [0.25, 0.3) is 0 Å². The lowest BCUT2D eigenvalue weighted by atomic mass is 10.1. The molecule has 0 bridgehead atoms. The quantitative estimate of drug-likeness (QED) is 0.736. The summed E-state index contributed by atoms with van der Waals surface area (Å²) >= 11 is 0. The summed E-state index contributed by atoms with van der Waals surface area (Å²) in [5.41, 5.74) is 1.66. The fourth-order valence-electron chi connectivity index (χ4n) is 2.38. The standard InChI is InChI=1S/C20H23NO5/c1-23-16-7-5-6-14(10-16)13-21-20(22)9-8-15-11-18(25-3)19(26-4)12-17(15)24-2/h5-12H,13H2,1-4H3,(H,21,22).